The average molecular weight is 512 g/mol. The second-order valence-electron chi connectivity index (χ2n) is 9.19. The van der Waals surface area contributed by atoms with E-state index in [-0.39, 0.29) is 0 Å². The van der Waals surface area contributed by atoms with Crippen LogP contribution in [-0.4, -0.2) is 33.3 Å². The molecule has 1 saturated heterocycles. The molecule has 37 heavy (non-hydrogen) atoms. The van der Waals surface area contributed by atoms with Gasteiger partial charge < -0.3 is 4.90 Å². The van der Waals surface area contributed by atoms with Gasteiger partial charge in [0.15, 0.2) is 0 Å². The molecule has 5 rings (SSSR count). The molecular formula is C29H30ClN7. The number of rotatable bonds is 7. The zero-order chi connectivity index (χ0) is 25.6. The number of aromatic nitrogens is 3. The summed E-state index contributed by atoms with van der Waals surface area (Å²) in [6.07, 6.45) is 5.06. The van der Waals surface area contributed by atoms with Crippen molar-refractivity contribution in [3.05, 3.63) is 95.5 Å². The third kappa shape index (κ3) is 5.73. The molecule has 1 aliphatic heterocycles. The molecule has 1 fully saturated rings. The van der Waals surface area contributed by atoms with Gasteiger partial charge in [0.25, 0.3) is 0 Å². The van der Waals surface area contributed by atoms with Crippen LogP contribution < -0.4 is 15.2 Å². The van der Waals surface area contributed by atoms with Crippen molar-refractivity contribution in [3.8, 4) is 0 Å². The molecule has 188 valence electrons. The van der Waals surface area contributed by atoms with E-state index in [1.165, 1.54) is 6.42 Å². The van der Waals surface area contributed by atoms with Gasteiger partial charge in [-0.05, 0) is 63.4 Å². The first-order valence-corrected chi connectivity index (χ1v) is 13.0. The maximum Gasteiger partial charge on any atom is 0.250 e. The molecule has 2 unspecified atom stereocenters. The summed E-state index contributed by atoms with van der Waals surface area (Å²) in [5, 5.41) is 5.02. The van der Waals surface area contributed by atoms with Crippen LogP contribution in [0, 0.1) is 0 Å². The van der Waals surface area contributed by atoms with Gasteiger partial charge >= 0.3 is 0 Å². The molecule has 1 N–H and O–H groups in total. The molecule has 7 nitrogen and oxygen atoms in total. The lowest BCUT2D eigenvalue weighted by Crippen LogP contribution is -2.45. The zero-order valence-electron chi connectivity index (χ0n) is 21.0. The Morgan fingerprint density at radius 2 is 1.43 bits per heavy atom. The van der Waals surface area contributed by atoms with Crippen LogP contribution in [0.25, 0.3) is 0 Å². The number of para-hydroxylation sites is 2. The Hall–Kier alpha value is -3.97. The molecule has 1 aliphatic rings. The molecule has 8 heteroatoms. The number of benzene rings is 3. The van der Waals surface area contributed by atoms with Crippen LogP contribution in [0.1, 0.15) is 38.7 Å². The van der Waals surface area contributed by atoms with Crippen LogP contribution in [0.2, 0.25) is 5.02 Å². The highest BCUT2D eigenvalue weighted by atomic mass is 35.5. The first-order chi connectivity index (χ1) is 18.1. The van der Waals surface area contributed by atoms with E-state index >= 15 is 0 Å². The Bertz CT molecular complexity index is 1300. The standard InChI is InChI=1S/C29H30ClN7/c1-21-12-11-13-22(2)36(21)28-32-27(35-31-20-23-14-9-10-19-26(23)30)33-29(34-28)37(24-15-5-3-6-16-24)25-17-7-4-8-18-25/h3-10,14-22H,11-13H2,1-2H3,(H,32,33,34,35). The van der Waals surface area contributed by atoms with Crippen molar-refractivity contribution in [1.82, 2.24) is 15.0 Å². The molecule has 3 aromatic carbocycles. The van der Waals surface area contributed by atoms with Crippen LogP contribution in [0.15, 0.2) is 90.0 Å². The summed E-state index contributed by atoms with van der Waals surface area (Å²) < 4.78 is 0. The van der Waals surface area contributed by atoms with Gasteiger partial charge in [-0.2, -0.15) is 20.1 Å². The molecule has 2 atom stereocenters. The fourth-order valence-electron chi connectivity index (χ4n) is 4.71. The summed E-state index contributed by atoms with van der Waals surface area (Å²) in [5.74, 6) is 1.52. The normalized spacial score (nSPS) is 17.6. The highest BCUT2D eigenvalue weighted by Crippen LogP contribution is 2.34. The lowest BCUT2D eigenvalue weighted by atomic mass is 9.98. The van der Waals surface area contributed by atoms with Gasteiger partial charge in [0.2, 0.25) is 17.8 Å². The van der Waals surface area contributed by atoms with Crippen molar-refractivity contribution in [2.75, 3.05) is 15.2 Å². The lowest BCUT2D eigenvalue weighted by Gasteiger charge is -2.39. The van der Waals surface area contributed by atoms with Crippen LogP contribution >= 0.6 is 11.6 Å². The SMILES string of the molecule is CC1CCCC(C)N1c1nc(NN=Cc2ccccc2Cl)nc(N(c2ccccc2)c2ccccc2)n1. The van der Waals surface area contributed by atoms with Gasteiger partial charge in [0.05, 0.1) is 6.21 Å². The van der Waals surface area contributed by atoms with Crippen molar-refractivity contribution in [2.24, 2.45) is 5.10 Å². The fraction of sp³-hybridized carbons (Fsp3) is 0.241. The molecule has 0 aliphatic carbocycles. The van der Waals surface area contributed by atoms with Crippen LogP contribution in [-0.2, 0) is 0 Å². The maximum atomic E-state index is 6.29. The van der Waals surface area contributed by atoms with E-state index in [9.17, 15) is 0 Å². The minimum absolute atomic E-state index is 0.320. The van der Waals surface area contributed by atoms with E-state index in [1.807, 2.05) is 89.8 Å². The van der Waals surface area contributed by atoms with Crippen LogP contribution in [0.5, 0.6) is 0 Å². The molecule has 1 aromatic heterocycles. The smallest absolute Gasteiger partial charge is 0.250 e. The molecule has 0 bridgehead atoms. The van der Waals surface area contributed by atoms with E-state index in [2.05, 4.69) is 29.3 Å². The summed E-state index contributed by atoms with van der Waals surface area (Å²) in [7, 11) is 0. The number of hydrogen-bond donors (Lipinski definition) is 1. The topological polar surface area (TPSA) is 69.5 Å². The number of piperidine rings is 1. The summed E-state index contributed by atoms with van der Waals surface area (Å²) in [4.78, 5) is 18.9. The molecule has 0 radical (unpaired) electrons. The molecule has 4 aromatic rings. The van der Waals surface area contributed by atoms with E-state index in [4.69, 9.17) is 26.6 Å². The molecule has 0 amide bonds. The second kappa shape index (κ2) is 11.4. The number of halogens is 1. The Morgan fingerprint density at radius 3 is 2.05 bits per heavy atom. The number of nitrogens with one attached hydrogen (secondary N) is 1. The van der Waals surface area contributed by atoms with Crippen molar-refractivity contribution in [3.63, 3.8) is 0 Å². The lowest BCUT2D eigenvalue weighted by molar-refractivity contribution is 0.407. The Morgan fingerprint density at radius 1 is 0.838 bits per heavy atom. The van der Waals surface area contributed by atoms with Gasteiger partial charge in [0, 0.05) is 34.0 Å². The van der Waals surface area contributed by atoms with E-state index in [1.54, 1.807) is 6.21 Å². The third-order valence-electron chi connectivity index (χ3n) is 6.54. The fourth-order valence-corrected chi connectivity index (χ4v) is 4.89. The van der Waals surface area contributed by atoms with Gasteiger partial charge in [-0.1, -0.05) is 66.2 Å². The number of anilines is 5. The monoisotopic (exact) mass is 511 g/mol. The second-order valence-corrected chi connectivity index (χ2v) is 9.60. The summed E-state index contributed by atoms with van der Waals surface area (Å²) in [6, 6.07) is 28.4. The third-order valence-corrected chi connectivity index (χ3v) is 6.88. The summed E-state index contributed by atoms with van der Waals surface area (Å²) in [5.41, 5.74) is 5.74. The maximum absolute atomic E-state index is 6.29. The van der Waals surface area contributed by atoms with Crippen molar-refractivity contribution >= 4 is 47.0 Å². The van der Waals surface area contributed by atoms with Gasteiger partial charge in [0.1, 0.15) is 0 Å². The predicted molar refractivity (Wildman–Crippen MR) is 152 cm³/mol. The molecule has 2 heterocycles. The van der Waals surface area contributed by atoms with E-state index in [0.717, 1.165) is 29.8 Å². The Kier molecular flexibility index (Phi) is 7.61. The van der Waals surface area contributed by atoms with Crippen molar-refractivity contribution < 1.29 is 0 Å². The van der Waals surface area contributed by atoms with Gasteiger partial charge in [-0.15, -0.1) is 0 Å². The first kappa shape index (κ1) is 24.7. The highest BCUT2D eigenvalue weighted by Gasteiger charge is 2.29. The predicted octanol–water partition coefficient (Wildman–Crippen LogP) is 7.21. The van der Waals surface area contributed by atoms with E-state index in [0.29, 0.717) is 35.0 Å². The average Bonchev–Trinajstić information content (AvgIpc) is 2.91. The number of hydrazone groups is 1. The Balaban J connectivity index is 1.59. The van der Waals surface area contributed by atoms with Crippen LogP contribution in [0.4, 0.5) is 29.2 Å². The van der Waals surface area contributed by atoms with Crippen LogP contribution in [0.3, 0.4) is 0 Å². The van der Waals surface area contributed by atoms with Crippen molar-refractivity contribution in [2.45, 2.75) is 45.2 Å². The number of hydrogen-bond acceptors (Lipinski definition) is 7. The Labute approximate surface area is 222 Å². The van der Waals surface area contributed by atoms with Crippen molar-refractivity contribution in [1.29, 1.82) is 0 Å². The molecule has 0 saturated carbocycles. The highest BCUT2D eigenvalue weighted by molar-refractivity contribution is 6.33. The quantitative estimate of drug-likeness (QED) is 0.209. The first-order valence-electron chi connectivity index (χ1n) is 12.6. The van der Waals surface area contributed by atoms with Gasteiger partial charge in [-0.25, -0.2) is 5.43 Å². The minimum atomic E-state index is 0.320. The minimum Gasteiger partial charge on any atom is -0.335 e. The van der Waals surface area contributed by atoms with E-state index < -0.39 is 0 Å². The largest absolute Gasteiger partial charge is 0.335 e. The molecule has 0 spiro atoms. The summed E-state index contributed by atoms with van der Waals surface area (Å²) in [6.45, 7) is 4.46. The molecular weight excluding hydrogens is 482 g/mol. The zero-order valence-corrected chi connectivity index (χ0v) is 21.8. The number of nitrogens with zero attached hydrogens (tertiary/aromatic N) is 6. The van der Waals surface area contributed by atoms with Gasteiger partial charge in [-0.3, -0.25) is 4.90 Å². The summed E-state index contributed by atoms with van der Waals surface area (Å²) >= 11 is 6.29.